The first kappa shape index (κ1) is 16.0. The van der Waals surface area contributed by atoms with Gasteiger partial charge in [0, 0.05) is 17.2 Å². The van der Waals surface area contributed by atoms with Crippen LogP contribution in [0.5, 0.6) is 0 Å². The minimum absolute atomic E-state index is 0. The summed E-state index contributed by atoms with van der Waals surface area (Å²) in [6.07, 6.45) is 1.19. The molecule has 7 nitrogen and oxygen atoms in total. The highest BCUT2D eigenvalue weighted by Gasteiger charge is 2.10. The molecule has 0 aliphatic rings. The van der Waals surface area contributed by atoms with E-state index in [1.54, 1.807) is 18.2 Å². The van der Waals surface area contributed by atoms with E-state index in [0.717, 1.165) is 22.2 Å². The molecule has 24 heavy (non-hydrogen) atoms. The van der Waals surface area contributed by atoms with Crippen molar-refractivity contribution in [3.63, 3.8) is 0 Å². The van der Waals surface area contributed by atoms with Crippen LogP contribution in [0.4, 0.5) is 0 Å². The molecule has 8 heteroatoms. The van der Waals surface area contributed by atoms with Crippen molar-refractivity contribution in [1.29, 1.82) is 0 Å². The van der Waals surface area contributed by atoms with E-state index in [0.29, 0.717) is 11.0 Å². The molecule has 0 spiro atoms. The van der Waals surface area contributed by atoms with Gasteiger partial charge in [0.25, 0.3) is 0 Å². The van der Waals surface area contributed by atoms with Crippen LogP contribution in [0, 0.1) is 0 Å². The highest BCUT2D eigenvalue weighted by Crippen LogP contribution is 2.25. The van der Waals surface area contributed by atoms with E-state index in [-0.39, 0.29) is 11.0 Å². The van der Waals surface area contributed by atoms with Crippen LogP contribution in [0.2, 0.25) is 0 Å². The summed E-state index contributed by atoms with van der Waals surface area (Å²) in [5.41, 5.74) is 3.74. The molecule has 3 N–H and O–H groups in total. The second kappa shape index (κ2) is 5.66. The van der Waals surface area contributed by atoms with Gasteiger partial charge in [0.05, 0.1) is 16.1 Å². The Bertz CT molecular complexity index is 1150. The highest BCUT2D eigenvalue weighted by atomic mass is 32.2. The third kappa shape index (κ3) is 2.72. The summed E-state index contributed by atoms with van der Waals surface area (Å²) in [6, 6.07) is 14.2. The number of pyridine rings is 1. The zero-order valence-electron chi connectivity index (χ0n) is 12.8. The van der Waals surface area contributed by atoms with E-state index < -0.39 is 9.84 Å². The fraction of sp³-hybridized carbons (Fsp3) is 0.0625. The molecule has 4 rings (SSSR count). The van der Waals surface area contributed by atoms with Gasteiger partial charge in [-0.25, -0.2) is 18.0 Å². The monoisotopic (exact) mass is 342 g/mol. The third-order valence-electron chi connectivity index (χ3n) is 3.64. The quantitative estimate of drug-likeness (QED) is 0.594. The van der Waals surface area contributed by atoms with Gasteiger partial charge in [0.15, 0.2) is 9.84 Å². The van der Waals surface area contributed by atoms with Gasteiger partial charge in [0.1, 0.15) is 11.0 Å². The lowest BCUT2D eigenvalue weighted by Crippen LogP contribution is -1.97. The molecule has 0 saturated carbocycles. The Balaban J connectivity index is 0.00000169. The minimum Gasteiger partial charge on any atom is -0.344 e. The molecule has 2 aromatic heterocycles. The van der Waals surface area contributed by atoms with E-state index in [9.17, 15) is 8.42 Å². The maximum atomic E-state index is 11.6. The lowest BCUT2D eigenvalue weighted by atomic mass is 10.1. The zero-order chi connectivity index (χ0) is 16.0. The van der Waals surface area contributed by atoms with E-state index in [2.05, 4.69) is 15.3 Å². The van der Waals surface area contributed by atoms with Crippen LogP contribution >= 0.6 is 0 Å². The second-order valence-electron chi connectivity index (χ2n) is 5.29. The summed E-state index contributed by atoms with van der Waals surface area (Å²) in [5.74, 6) is 0. The van der Waals surface area contributed by atoms with E-state index in [1.165, 1.54) is 6.26 Å². The molecular weight excluding hydrogens is 328 g/mol. The van der Waals surface area contributed by atoms with Crippen LogP contribution in [0.25, 0.3) is 33.2 Å². The smallest absolute Gasteiger partial charge is 0.175 e. The van der Waals surface area contributed by atoms with Gasteiger partial charge in [-0.1, -0.05) is 12.1 Å². The van der Waals surface area contributed by atoms with Gasteiger partial charge in [-0.3, -0.25) is 0 Å². The van der Waals surface area contributed by atoms with Gasteiger partial charge in [-0.05, 0) is 46.7 Å². The number of fused-ring (bicyclic) bond motifs is 2. The number of hydrogen-bond donors (Lipinski definition) is 1. The lowest BCUT2D eigenvalue weighted by Gasteiger charge is -2.05. The molecule has 0 bridgehead atoms. The largest absolute Gasteiger partial charge is 0.344 e. The number of sulfone groups is 1. The fourth-order valence-electron chi connectivity index (χ4n) is 2.44. The number of hydrogen-bond acceptors (Lipinski definition) is 7. The van der Waals surface area contributed by atoms with Crippen LogP contribution in [-0.4, -0.2) is 30.0 Å². The van der Waals surface area contributed by atoms with E-state index in [1.807, 2.05) is 30.3 Å². The minimum atomic E-state index is -3.23. The Morgan fingerprint density at radius 3 is 2.42 bits per heavy atom. The van der Waals surface area contributed by atoms with Crippen molar-refractivity contribution in [2.75, 3.05) is 6.26 Å². The van der Waals surface area contributed by atoms with Crippen LogP contribution < -0.4 is 6.15 Å². The van der Waals surface area contributed by atoms with Crippen LogP contribution in [0.3, 0.4) is 0 Å². The van der Waals surface area contributed by atoms with Crippen molar-refractivity contribution in [2.45, 2.75) is 4.90 Å². The predicted octanol–water partition coefficient (Wildman–Crippen LogP) is 3.00. The first-order valence-corrected chi connectivity index (χ1v) is 8.73. The number of rotatable bonds is 2. The Labute approximate surface area is 137 Å². The first-order valence-electron chi connectivity index (χ1n) is 6.84. The first-order chi connectivity index (χ1) is 11.0. The number of aromatic nitrogens is 3. The predicted molar refractivity (Wildman–Crippen MR) is 90.7 cm³/mol. The zero-order valence-corrected chi connectivity index (χ0v) is 13.6. The maximum absolute atomic E-state index is 11.6. The molecule has 0 radical (unpaired) electrons. The van der Waals surface area contributed by atoms with Crippen LogP contribution in [0.15, 0.2) is 58.1 Å². The maximum Gasteiger partial charge on any atom is 0.175 e. The molecule has 2 heterocycles. The van der Waals surface area contributed by atoms with Crippen molar-refractivity contribution in [1.82, 2.24) is 21.4 Å². The van der Waals surface area contributed by atoms with Crippen molar-refractivity contribution in [3.05, 3.63) is 48.5 Å². The summed E-state index contributed by atoms with van der Waals surface area (Å²) in [6.45, 7) is 0. The Hall–Kier alpha value is -2.84. The van der Waals surface area contributed by atoms with Gasteiger partial charge >= 0.3 is 0 Å². The standard InChI is InChI=1S/C16H11N3O3S.H3N/c1-23(20,21)12-4-7-14-10(8-12)2-5-13(17-14)11-3-6-15-16(9-11)19-22-18-15;/h2-9H,1H3;1H3. The average molecular weight is 342 g/mol. The summed E-state index contributed by atoms with van der Waals surface area (Å²) in [5, 5.41) is 8.38. The van der Waals surface area contributed by atoms with Gasteiger partial charge in [-0.2, -0.15) is 0 Å². The number of benzene rings is 2. The van der Waals surface area contributed by atoms with Gasteiger partial charge < -0.3 is 6.15 Å². The molecule has 122 valence electrons. The highest BCUT2D eigenvalue weighted by molar-refractivity contribution is 7.90. The molecule has 0 atom stereocenters. The second-order valence-corrected chi connectivity index (χ2v) is 7.31. The van der Waals surface area contributed by atoms with Crippen molar-refractivity contribution < 1.29 is 13.0 Å². The Morgan fingerprint density at radius 2 is 1.62 bits per heavy atom. The SMILES string of the molecule is CS(=O)(=O)c1ccc2nc(-c3ccc4nonc4c3)ccc2c1.N. The summed E-state index contributed by atoms with van der Waals surface area (Å²) < 4.78 is 27.9. The Morgan fingerprint density at radius 1 is 0.875 bits per heavy atom. The van der Waals surface area contributed by atoms with E-state index in [4.69, 9.17) is 4.63 Å². The normalized spacial score (nSPS) is 11.5. The molecular formula is C16H14N4O3S. The van der Waals surface area contributed by atoms with Crippen LogP contribution in [0.1, 0.15) is 0 Å². The molecule has 0 unspecified atom stereocenters. The van der Waals surface area contributed by atoms with E-state index >= 15 is 0 Å². The third-order valence-corrected chi connectivity index (χ3v) is 4.75. The summed E-state index contributed by atoms with van der Waals surface area (Å²) in [7, 11) is -3.23. The molecule has 0 saturated heterocycles. The molecule has 4 aromatic rings. The Kier molecular flexibility index (Phi) is 3.78. The topological polar surface area (TPSA) is 121 Å². The van der Waals surface area contributed by atoms with Gasteiger partial charge in [-0.15, -0.1) is 0 Å². The summed E-state index contributed by atoms with van der Waals surface area (Å²) >= 11 is 0. The van der Waals surface area contributed by atoms with Crippen molar-refractivity contribution >= 4 is 31.8 Å². The lowest BCUT2D eigenvalue weighted by molar-refractivity contribution is 0.315. The number of nitrogens with zero attached hydrogens (tertiary/aromatic N) is 3. The molecule has 0 aliphatic carbocycles. The average Bonchev–Trinajstić information content (AvgIpc) is 3.00. The molecule has 2 aromatic carbocycles. The van der Waals surface area contributed by atoms with Crippen molar-refractivity contribution in [3.8, 4) is 11.3 Å². The molecule has 0 aliphatic heterocycles. The fourth-order valence-corrected chi connectivity index (χ4v) is 3.09. The molecule has 0 amide bonds. The van der Waals surface area contributed by atoms with Gasteiger partial charge in [0.2, 0.25) is 0 Å². The summed E-state index contributed by atoms with van der Waals surface area (Å²) in [4.78, 5) is 4.87. The van der Waals surface area contributed by atoms with Crippen molar-refractivity contribution in [2.24, 2.45) is 0 Å². The molecule has 0 fully saturated rings. The van der Waals surface area contributed by atoms with Crippen LogP contribution in [-0.2, 0) is 9.84 Å².